The molecule has 2 aliphatic rings. The van der Waals surface area contributed by atoms with Crippen molar-refractivity contribution in [1.29, 1.82) is 0 Å². The van der Waals surface area contributed by atoms with Crippen molar-refractivity contribution in [3.05, 3.63) is 0 Å². The molecule has 0 amide bonds. The highest BCUT2D eigenvalue weighted by Crippen LogP contribution is 2.31. The first-order valence-corrected chi connectivity index (χ1v) is 13.0. The molecule has 0 saturated carbocycles. The normalized spacial score (nSPS) is 24.2. The first kappa shape index (κ1) is 22.8. The Kier molecular flexibility index (Phi) is 9.74. The van der Waals surface area contributed by atoms with Crippen molar-refractivity contribution < 1.29 is 13.2 Å². The molecule has 2 atom stereocenters. The van der Waals surface area contributed by atoms with E-state index in [0.29, 0.717) is 19.5 Å². The van der Waals surface area contributed by atoms with Crippen molar-refractivity contribution in [3.63, 3.8) is 0 Å². The lowest BCUT2D eigenvalue weighted by molar-refractivity contribution is -0.123. The molecule has 2 rings (SSSR count). The molecule has 2 fully saturated rings. The van der Waals surface area contributed by atoms with E-state index in [4.69, 9.17) is 0 Å². The van der Waals surface area contributed by atoms with Crippen molar-refractivity contribution in [2.45, 2.75) is 77.6 Å². The number of likely N-dealkylation sites (tertiary alicyclic amines) is 1. The number of hydrogen-bond donors (Lipinski definition) is 0. The molecule has 0 aromatic rings. The maximum Gasteiger partial charge on any atom is 0.211 e. The van der Waals surface area contributed by atoms with Gasteiger partial charge in [-0.15, -0.1) is 0 Å². The lowest BCUT2D eigenvalue weighted by atomic mass is 9.86. The summed E-state index contributed by atoms with van der Waals surface area (Å²) in [7, 11) is -3.19. The average molecular weight is 401 g/mol. The molecule has 2 aliphatic heterocycles. The largest absolute Gasteiger partial charge is 0.303 e. The summed E-state index contributed by atoms with van der Waals surface area (Å²) in [6.07, 6.45) is 13.8. The van der Waals surface area contributed by atoms with Crippen LogP contribution in [0.3, 0.4) is 0 Å². The Morgan fingerprint density at radius 1 is 0.963 bits per heavy atom. The van der Waals surface area contributed by atoms with Crippen LogP contribution in [0.1, 0.15) is 77.6 Å². The minimum atomic E-state index is -3.19. The van der Waals surface area contributed by atoms with E-state index >= 15 is 0 Å². The summed E-state index contributed by atoms with van der Waals surface area (Å²) in [5.74, 6) is 0.416. The minimum Gasteiger partial charge on any atom is -0.303 e. The molecular weight excluding hydrogens is 360 g/mol. The summed E-state index contributed by atoms with van der Waals surface area (Å²) in [5.41, 5.74) is 0. The number of Topliss-reactive ketones (excluding diaryl/α,β-unsaturated/α-hetero) is 1. The SMILES string of the molecule is CCC[C@H]1CN(S(C)(=O)=O)CC1C(=O)CCCCCCCCCN1CCC1. The molecule has 27 heavy (non-hydrogen) atoms. The zero-order valence-electron chi connectivity index (χ0n) is 17.5. The summed E-state index contributed by atoms with van der Waals surface area (Å²) >= 11 is 0. The van der Waals surface area contributed by atoms with Gasteiger partial charge in [-0.25, -0.2) is 12.7 Å². The second kappa shape index (κ2) is 11.5. The number of hydrogen-bond acceptors (Lipinski definition) is 4. The van der Waals surface area contributed by atoms with Crippen LogP contribution in [-0.2, 0) is 14.8 Å². The fraction of sp³-hybridized carbons (Fsp3) is 0.952. The van der Waals surface area contributed by atoms with Gasteiger partial charge in [-0.3, -0.25) is 4.79 Å². The zero-order chi connectivity index (χ0) is 19.7. The molecule has 0 aliphatic carbocycles. The van der Waals surface area contributed by atoms with Gasteiger partial charge in [-0.2, -0.15) is 0 Å². The summed E-state index contributed by atoms with van der Waals surface area (Å²) in [6, 6.07) is 0. The number of sulfonamides is 1. The number of rotatable bonds is 14. The topological polar surface area (TPSA) is 57.7 Å². The Morgan fingerprint density at radius 2 is 1.59 bits per heavy atom. The lowest BCUT2D eigenvalue weighted by Crippen LogP contribution is -2.37. The molecule has 5 nitrogen and oxygen atoms in total. The molecule has 0 radical (unpaired) electrons. The van der Waals surface area contributed by atoms with Gasteiger partial charge in [0.15, 0.2) is 0 Å². The van der Waals surface area contributed by atoms with Crippen LogP contribution in [0.25, 0.3) is 0 Å². The van der Waals surface area contributed by atoms with Crippen molar-refractivity contribution in [1.82, 2.24) is 9.21 Å². The number of nitrogens with zero attached hydrogens (tertiary/aromatic N) is 2. The van der Waals surface area contributed by atoms with E-state index in [1.165, 1.54) is 68.7 Å². The minimum absolute atomic E-state index is 0.0822. The highest BCUT2D eigenvalue weighted by Gasteiger charge is 2.39. The maximum absolute atomic E-state index is 12.6. The van der Waals surface area contributed by atoms with Gasteiger partial charge in [0.2, 0.25) is 10.0 Å². The Morgan fingerprint density at radius 3 is 2.15 bits per heavy atom. The fourth-order valence-corrected chi connectivity index (χ4v) is 5.33. The highest BCUT2D eigenvalue weighted by molar-refractivity contribution is 7.88. The fourth-order valence-electron chi connectivity index (χ4n) is 4.44. The summed E-state index contributed by atoms with van der Waals surface area (Å²) in [5, 5.41) is 0. The van der Waals surface area contributed by atoms with Crippen LogP contribution < -0.4 is 0 Å². The molecule has 0 aromatic carbocycles. The van der Waals surface area contributed by atoms with E-state index in [2.05, 4.69) is 11.8 Å². The van der Waals surface area contributed by atoms with Crippen molar-refractivity contribution in [3.8, 4) is 0 Å². The first-order chi connectivity index (χ1) is 12.9. The molecule has 0 spiro atoms. The van der Waals surface area contributed by atoms with Gasteiger partial charge < -0.3 is 4.90 Å². The molecule has 6 heteroatoms. The van der Waals surface area contributed by atoms with Crippen LogP contribution in [0, 0.1) is 11.8 Å². The second-order valence-electron chi connectivity index (χ2n) is 8.62. The molecular formula is C21H40N2O3S. The Balaban J connectivity index is 1.55. The van der Waals surface area contributed by atoms with Gasteiger partial charge in [0, 0.05) is 25.4 Å². The molecule has 158 valence electrons. The Labute approximate surface area is 166 Å². The third-order valence-electron chi connectivity index (χ3n) is 6.30. The average Bonchev–Trinajstić information content (AvgIpc) is 2.99. The van der Waals surface area contributed by atoms with Crippen molar-refractivity contribution >= 4 is 15.8 Å². The van der Waals surface area contributed by atoms with Gasteiger partial charge in [0.1, 0.15) is 5.78 Å². The lowest BCUT2D eigenvalue weighted by Gasteiger charge is -2.30. The third-order valence-corrected chi connectivity index (χ3v) is 7.53. The monoisotopic (exact) mass is 400 g/mol. The van der Waals surface area contributed by atoms with E-state index < -0.39 is 10.0 Å². The van der Waals surface area contributed by atoms with Gasteiger partial charge in [0.05, 0.1) is 6.26 Å². The predicted molar refractivity (Wildman–Crippen MR) is 111 cm³/mol. The molecule has 2 saturated heterocycles. The number of carbonyl (C=O) groups excluding carboxylic acids is 1. The molecule has 0 N–H and O–H groups in total. The standard InChI is InChI=1S/C21H40N2O3S/c1-3-12-19-17-23(27(2,25)26)18-20(19)21(24)13-9-7-5-4-6-8-10-14-22-15-11-16-22/h19-20H,3-18H2,1-2H3/t19-,20?/m0/s1. The van der Waals surface area contributed by atoms with Gasteiger partial charge in [-0.05, 0) is 51.2 Å². The first-order valence-electron chi connectivity index (χ1n) is 11.1. The Bertz CT molecular complexity index is 546. The summed E-state index contributed by atoms with van der Waals surface area (Å²) in [6.45, 7) is 6.92. The highest BCUT2D eigenvalue weighted by atomic mass is 32.2. The van der Waals surface area contributed by atoms with Crippen molar-refractivity contribution in [2.24, 2.45) is 11.8 Å². The number of carbonyl (C=O) groups is 1. The van der Waals surface area contributed by atoms with Crippen LogP contribution in [0.2, 0.25) is 0 Å². The number of ketones is 1. The molecule has 0 aromatic heterocycles. The van der Waals surface area contributed by atoms with Crippen LogP contribution in [0.15, 0.2) is 0 Å². The molecule has 0 bridgehead atoms. The third kappa shape index (κ3) is 7.82. The van der Waals surface area contributed by atoms with Gasteiger partial charge in [0.25, 0.3) is 0 Å². The summed E-state index contributed by atoms with van der Waals surface area (Å²) < 4.78 is 25.2. The summed E-state index contributed by atoms with van der Waals surface area (Å²) in [4.78, 5) is 15.2. The van der Waals surface area contributed by atoms with E-state index in [1.54, 1.807) is 0 Å². The predicted octanol–water partition coefficient (Wildman–Crippen LogP) is 3.69. The smallest absolute Gasteiger partial charge is 0.211 e. The van der Waals surface area contributed by atoms with Gasteiger partial charge >= 0.3 is 0 Å². The van der Waals surface area contributed by atoms with E-state index in [0.717, 1.165) is 25.7 Å². The van der Waals surface area contributed by atoms with Gasteiger partial charge in [-0.1, -0.05) is 45.4 Å². The van der Waals surface area contributed by atoms with Crippen LogP contribution in [-0.4, -0.2) is 62.4 Å². The van der Waals surface area contributed by atoms with Crippen LogP contribution in [0.4, 0.5) is 0 Å². The zero-order valence-corrected chi connectivity index (χ0v) is 18.3. The molecule has 2 heterocycles. The second-order valence-corrected chi connectivity index (χ2v) is 10.6. The van der Waals surface area contributed by atoms with Crippen LogP contribution >= 0.6 is 0 Å². The van der Waals surface area contributed by atoms with Crippen LogP contribution in [0.5, 0.6) is 0 Å². The quantitative estimate of drug-likeness (QED) is 0.417. The molecule has 1 unspecified atom stereocenters. The van der Waals surface area contributed by atoms with E-state index in [9.17, 15) is 13.2 Å². The van der Waals surface area contributed by atoms with E-state index in [-0.39, 0.29) is 17.6 Å². The van der Waals surface area contributed by atoms with Crippen molar-refractivity contribution in [2.75, 3.05) is 39.0 Å². The maximum atomic E-state index is 12.6. The van der Waals surface area contributed by atoms with E-state index in [1.807, 2.05) is 0 Å². The number of unbranched alkanes of at least 4 members (excludes halogenated alkanes) is 6. The Hall–Kier alpha value is -0.460.